The van der Waals surface area contributed by atoms with Crippen molar-refractivity contribution in [3.8, 4) is 0 Å². The third-order valence-electron chi connectivity index (χ3n) is 3.23. The molecule has 88 valence electrons. The molecule has 0 aromatic heterocycles. The molecule has 1 fully saturated rings. The molecule has 0 bridgehead atoms. The van der Waals surface area contributed by atoms with Crippen molar-refractivity contribution in [2.75, 3.05) is 13.1 Å². The maximum absolute atomic E-state index is 13.1. The zero-order valence-electron chi connectivity index (χ0n) is 9.72. The summed E-state index contributed by atoms with van der Waals surface area (Å²) in [5, 5.41) is 6.83. The molecule has 1 aliphatic rings. The van der Waals surface area contributed by atoms with Gasteiger partial charge in [0, 0.05) is 12.6 Å². The molecule has 0 amide bonds. The van der Waals surface area contributed by atoms with E-state index in [4.69, 9.17) is 0 Å². The zero-order valence-corrected chi connectivity index (χ0v) is 9.72. The van der Waals surface area contributed by atoms with E-state index in [2.05, 4.69) is 10.6 Å². The van der Waals surface area contributed by atoms with E-state index >= 15 is 0 Å². The van der Waals surface area contributed by atoms with Crippen molar-refractivity contribution in [1.29, 1.82) is 0 Å². The molecule has 1 aromatic carbocycles. The van der Waals surface area contributed by atoms with Gasteiger partial charge in [0.2, 0.25) is 0 Å². The van der Waals surface area contributed by atoms with Crippen LogP contribution in [0.3, 0.4) is 0 Å². The number of nitrogens with one attached hydrogen (secondary N) is 2. The summed E-state index contributed by atoms with van der Waals surface area (Å²) in [5.41, 5.74) is 2.22. The lowest BCUT2D eigenvalue weighted by Crippen LogP contribution is -2.39. The van der Waals surface area contributed by atoms with Gasteiger partial charge in [0.25, 0.3) is 0 Å². The van der Waals surface area contributed by atoms with Crippen molar-refractivity contribution in [2.24, 2.45) is 0 Å². The largest absolute Gasteiger partial charge is 0.317 e. The van der Waals surface area contributed by atoms with Crippen LogP contribution in [0, 0.1) is 12.7 Å². The molecular weight excluding hydrogens is 203 g/mol. The number of hydrogen-bond donors (Lipinski definition) is 2. The molecule has 0 saturated carbocycles. The van der Waals surface area contributed by atoms with E-state index in [0.717, 1.165) is 43.6 Å². The fourth-order valence-electron chi connectivity index (χ4n) is 2.11. The molecule has 2 nitrogen and oxygen atoms in total. The number of halogens is 1. The molecule has 1 aliphatic heterocycles. The van der Waals surface area contributed by atoms with Crippen molar-refractivity contribution in [3.05, 3.63) is 35.1 Å². The number of hydrogen-bond acceptors (Lipinski definition) is 2. The lowest BCUT2D eigenvalue weighted by Gasteiger charge is -2.24. The molecule has 0 spiro atoms. The fourth-order valence-corrected chi connectivity index (χ4v) is 2.11. The number of benzene rings is 1. The molecule has 0 atom stereocenters. The van der Waals surface area contributed by atoms with Gasteiger partial charge in [-0.1, -0.05) is 6.07 Å². The highest BCUT2D eigenvalue weighted by Gasteiger charge is 2.12. The first-order valence-electron chi connectivity index (χ1n) is 5.95. The summed E-state index contributed by atoms with van der Waals surface area (Å²) in [5.74, 6) is -0.146. The summed E-state index contributed by atoms with van der Waals surface area (Å²) in [4.78, 5) is 0. The second-order valence-electron chi connectivity index (χ2n) is 4.48. The van der Waals surface area contributed by atoms with Crippen molar-refractivity contribution in [2.45, 2.75) is 32.4 Å². The van der Waals surface area contributed by atoms with E-state index in [9.17, 15) is 4.39 Å². The molecule has 1 saturated heterocycles. The average molecular weight is 222 g/mol. The maximum atomic E-state index is 13.1. The molecule has 0 unspecified atom stereocenters. The van der Waals surface area contributed by atoms with E-state index < -0.39 is 0 Å². The molecule has 3 heteroatoms. The van der Waals surface area contributed by atoms with Crippen LogP contribution >= 0.6 is 0 Å². The third kappa shape index (κ3) is 3.03. The van der Waals surface area contributed by atoms with Crippen LogP contribution in [0.25, 0.3) is 0 Å². The van der Waals surface area contributed by atoms with Crippen LogP contribution in [0.1, 0.15) is 24.0 Å². The minimum atomic E-state index is -0.146. The Morgan fingerprint density at radius 3 is 2.88 bits per heavy atom. The number of aryl methyl sites for hydroxylation is 1. The second kappa shape index (κ2) is 5.41. The van der Waals surface area contributed by atoms with E-state index in [1.54, 1.807) is 6.07 Å². The minimum Gasteiger partial charge on any atom is -0.317 e. The first kappa shape index (κ1) is 11.6. The SMILES string of the molecule is Cc1ccc(F)cc1CNC1CCNCC1. The molecule has 0 radical (unpaired) electrons. The van der Waals surface area contributed by atoms with Gasteiger partial charge < -0.3 is 10.6 Å². The molecular formula is C13H19FN2. The van der Waals surface area contributed by atoms with E-state index in [1.165, 1.54) is 6.07 Å². The van der Waals surface area contributed by atoms with Crippen LogP contribution in [-0.4, -0.2) is 19.1 Å². The van der Waals surface area contributed by atoms with Crippen molar-refractivity contribution >= 4 is 0 Å². The molecule has 1 heterocycles. The van der Waals surface area contributed by atoms with Crippen molar-refractivity contribution in [1.82, 2.24) is 10.6 Å². The van der Waals surface area contributed by atoms with Gasteiger partial charge in [-0.05, 0) is 56.1 Å². The molecule has 16 heavy (non-hydrogen) atoms. The Labute approximate surface area is 96.2 Å². The third-order valence-corrected chi connectivity index (χ3v) is 3.23. The molecule has 2 N–H and O–H groups in total. The van der Waals surface area contributed by atoms with Crippen LogP contribution < -0.4 is 10.6 Å². The van der Waals surface area contributed by atoms with E-state index in [-0.39, 0.29) is 5.82 Å². The fraction of sp³-hybridized carbons (Fsp3) is 0.538. The second-order valence-corrected chi connectivity index (χ2v) is 4.48. The lowest BCUT2D eigenvalue weighted by atomic mass is 10.0. The Balaban J connectivity index is 1.90. The van der Waals surface area contributed by atoms with Gasteiger partial charge >= 0.3 is 0 Å². The molecule has 0 aliphatic carbocycles. The summed E-state index contributed by atoms with van der Waals surface area (Å²) in [7, 11) is 0. The normalized spacial score (nSPS) is 17.6. The van der Waals surface area contributed by atoms with Crippen molar-refractivity contribution in [3.63, 3.8) is 0 Å². The van der Waals surface area contributed by atoms with Gasteiger partial charge in [-0.15, -0.1) is 0 Å². The van der Waals surface area contributed by atoms with Crippen molar-refractivity contribution < 1.29 is 4.39 Å². The highest BCUT2D eigenvalue weighted by Crippen LogP contribution is 2.11. The summed E-state index contributed by atoms with van der Waals surface area (Å²) in [6.07, 6.45) is 2.32. The first-order valence-corrected chi connectivity index (χ1v) is 5.95. The van der Waals surface area contributed by atoms with Crippen LogP contribution in [-0.2, 0) is 6.54 Å². The van der Waals surface area contributed by atoms with Gasteiger partial charge in [-0.2, -0.15) is 0 Å². The summed E-state index contributed by atoms with van der Waals surface area (Å²) in [6.45, 7) is 4.97. The molecule has 1 aromatic rings. The number of piperidine rings is 1. The van der Waals surface area contributed by atoms with Gasteiger partial charge in [-0.3, -0.25) is 0 Å². The van der Waals surface area contributed by atoms with Crippen LogP contribution in [0.15, 0.2) is 18.2 Å². The Bertz CT molecular complexity index is 346. The predicted octanol–water partition coefficient (Wildman–Crippen LogP) is 1.98. The van der Waals surface area contributed by atoms with E-state index in [1.807, 2.05) is 13.0 Å². The number of rotatable bonds is 3. The van der Waals surface area contributed by atoms with E-state index in [0.29, 0.717) is 6.04 Å². The topological polar surface area (TPSA) is 24.1 Å². The van der Waals surface area contributed by atoms with Crippen LogP contribution in [0.4, 0.5) is 4.39 Å². The Hall–Kier alpha value is -0.930. The monoisotopic (exact) mass is 222 g/mol. The summed E-state index contributed by atoms with van der Waals surface area (Å²) in [6, 6.07) is 5.56. The first-order chi connectivity index (χ1) is 7.75. The lowest BCUT2D eigenvalue weighted by molar-refractivity contribution is 0.386. The summed E-state index contributed by atoms with van der Waals surface area (Å²) >= 11 is 0. The van der Waals surface area contributed by atoms with Crippen LogP contribution in [0.2, 0.25) is 0 Å². The Morgan fingerprint density at radius 1 is 1.38 bits per heavy atom. The Morgan fingerprint density at radius 2 is 2.12 bits per heavy atom. The van der Waals surface area contributed by atoms with Crippen LogP contribution in [0.5, 0.6) is 0 Å². The molecule has 2 rings (SSSR count). The van der Waals surface area contributed by atoms with Gasteiger partial charge in [-0.25, -0.2) is 4.39 Å². The smallest absolute Gasteiger partial charge is 0.123 e. The van der Waals surface area contributed by atoms with Gasteiger partial charge in [0.05, 0.1) is 0 Å². The standard InChI is InChI=1S/C13H19FN2/c1-10-2-3-12(14)8-11(10)9-16-13-4-6-15-7-5-13/h2-3,8,13,15-16H,4-7,9H2,1H3. The predicted molar refractivity (Wildman–Crippen MR) is 63.9 cm³/mol. The zero-order chi connectivity index (χ0) is 11.4. The minimum absolute atomic E-state index is 0.146. The highest BCUT2D eigenvalue weighted by molar-refractivity contribution is 5.26. The highest BCUT2D eigenvalue weighted by atomic mass is 19.1. The summed E-state index contributed by atoms with van der Waals surface area (Å²) < 4.78 is 13.1. The van der Waals surface area contributed by atoms with Gasteiger partial charge in [0.15, 0.2) is 0 Å². The Kier molecular flexibility index (Phi) is 3.91. The average Bonchev–Trinajstić information content (AvgIpc) is 2.32. The quantitative estimate of drug-likeness (QED) is 0.817. The maximum Gasteiger partial charge on any atom is 0.123 e. The van der Waals surface area contributed by atoms with Gasteiger partial charge in [0.1, 0.15) is 5.82 Å².